The number of halogens is 1. The largest absolute Gasteiger partial charge is 0.397 e. The van der Waals surface area contributed by atoms with Crippen LogP contribution in [-0.2, 0) is 64.9 Å². The molecule has 1 heterocycles. The van der Waals surface area contributed by atoms with Gasteiger partial charge in [-0.15, -0.1) is 0 Å². The van der Waals surface area contributed by atoms with Gasteiger partial charge in [-0.25, -0.2) is 12.6 Å². The summed E-state index contributed by atoms with van der Waals surface area (Å²) in [6, 6.07) is 10.8. The van der Waals surface area contributed by atoms with Crippen LogP contribution in [0.25, 0.3) is 16.8 Å². The van der Waals surface area contributed by atoms with Crippen molar-refractivity contribution in [1.82, 2.24) is 15.0 Å². The molecule has 0 fully saturated rings. The topological polar surface area (TPSA) is 419 Å². The molecule has 0 unspecified atom stereocenters. The summed E-state index contributed by atoms with van der Waals surface area (Å²) in [5.41, 5.74) is -1.74. The van der Waals surface area contributed by atoms with E-state index >= 15 is 0 Å². The van der Waals surface area contributed by atoms with Crippen molar-refractivity contribution in [1.29, 1.82) is 0 Å². The second-order valence-corrected chi connectivity index (χ2v) is 21.7. The Morgan fingerprint density at radius 1 is 0.656 bits per heavy atom. The fourth-order valence-electron chi connectivity index (χ4n) is 5.85. The molecule has 0 saturated heterocycles. The van der Waals surface area contributed by atoms with Crippen molar-refractivity contribution in [3.05, 3.63) is 88.0 Å². The van der Waals surface area contributed by atoms with Crippen LogP contribution in [0.2, 0.25) is 5.28 Å². The van der Waals surface area contributed by atoms with E-state index in [1.807, 2.05) is 0 Å². The Balaban J connectivity index is 1.42. The maximum Gasteiger partial charge on any atom is 0.397 e. The number of aromatic nitrogens is 3. The summed E-state index contributed by atoms with van der Waals surface area (Å²) in [4.78, 5) is 21.5. The highest BCUT2D eigenvalue weighted by Crippen LogP contribution is 2.37. The Labute approximate surface area is 366 Å². The summed E-state index contributed by atoms with van der Waals surface area (Å²) in [6.45, 7) is -0.930. The molecule has 5 aromatic rings. The summed E-state index contributed by atoms with van der Waals surface area (Å²) in [5, 5.41) is 7.25. The lowest BCUT2D eigenvalue weighted by atomic mass is 9.93. The van der Waals surface area contributed by atoms with E-state index < -0.39 is 155 Å². The molecular formula is C31H24ClN7O19S6. The lowest BCUT2D eigenvalue weighted by molar-refractivity contribution is 0.106. The van der Waals surface area contributed by atoms with Crippen molar-refractivity contribution in [2.75, 3.05) is 28.4 Å². The number of allylic oxidation sites excluding steroid dienone is 1. The molecule has 33 heteroatoms. The van der Waals surface area contributed by atoms with Crippen molar-refractivity contribution in [2.24, 2.45) is 5.10 Å². The quantitative estimate of drug-likeness (QED) is 0.0551. The minimum Gasteiger partial charge on any atom is -0.324 e. The lowest BCUT2D eigenvalue weighted by Crippen LogP contribution is -2.28. The molecule has 1 aliphatic carbocycles. The van der Waals surface area contributed by atoms with Crippen molar-refractivity contribution in [3.8, 4) is 0 Å². The average molecular weight is 1030 g/mol. The second kappa shape index (κ2) is 17.1. The van der Waals surface area contributed by atoms with Crippen LogP contribution in [0.15, 0.2) is 96.3 Å². The Kier molecular flexibility index (Phi) is 12.8. The smallest absolute Gasteiger partial charge is 0.324 e. The molecule has 6 rings (SSSR count). The third-order valence-corrected chi connectivity index (χ3v) is 14.2. The molecule has 0 amide bonds. The third kappa shape index (κ3) is 10.8. The number of sulfone groups is 1. The molecular weight excluding hydrogens is 1000 g/mol. The number of benzene rings is 4. The molecule has 0 radical (unpaired) electrons. The number of fused-ring (bicyclic) bond motifs is 2. The fourth-order valence-corrected chi connectivity index (χ4v) is 10.3. The van der Waals surface area contributed by atoms with Gasteiger partial charge in [-0.05, 0) is 65.7 Å². The van der Waals surface area contributed by atoms with Crippen LogP contribution in [-0.4, -0.2) is 112 Å². The van der Waals surface area contributed by atoms with E-state index in [-0.39, 0.29) is 10.6 Å². The fraction of sp³-hybridized carbons (Fsp3) is 0.0645. The molecule has 0 saturated carbocycles. The van der Waals surface area contributed by atoms with Gasteiger partial charge in [-0.3, -0.25) is 33.0 Å². The maximum atomic E-state index is 14.2. The predicted octanol–water partition coefficient (Wildman–Crippen LogP) is 2.39. The van der Waals surface area contributed by atoms with E-state index in [4.69, 9.17) is 16.2 Å². The number of hydrogen-bond donors (Lipinski definition) is 8. The molecule has 1 aliphatic rings. The SMILES string of the molecule is O=C1C(=NNc2ccc3c(S(=O)(=O)O)cccc3c2S(=O)(=O)O)C(S(=O)(=O)O)=Cc2cc(S(=O)(=O)O)cc(Nc3nc(Cl)nc(Nc4cccc(S(=O)(=O)CCOS(=O)(=O)O)c4)n3)c21. The normalized spacial score (nSPS) is 14.6. The number of hydrazone groups is 1. The molecule has 8 N–H and O–H groups in total. The number of Topliss-reactive ketones (excluding diaryl/α,β-unsaturated/α-hetero) is 1. The molecule has 26 nitrogen and oxygen atoms in total. The standard InChI is InChI=1S/C31H24ClN7O19S6/c32-29-35-30(33-16-3-1-4-17(13-16)59(41,42)10-9-58-64(55,56)57)37-31(36-29)34-22-14-18(60(43,44)45)11-15-12-24(62(49,50)51)26(27(40)25(15)22)39-38-21-8-7-19-20(28(21)63(52,53)54)5-2-6-23(19)61(46,47)48/h1-8,11-14,38H,9-10H2,(H,43,44,45)(H,46,47,48)(H,49,50,51)(H,52,53,54)(H,55,56,57)(H2,33,34,35,36,37). The van der Waals surface area contributed by atoms with Gasteiger partial charge in [0.05, 0.1) is 39.1 Å². The summed E-state index contributed by atoms with van der Waals surface area (Å²) >= 11 is 6.10. The van der Waals surface area contributed by atoms with Gasteiger partial charge < -0.3 is 10.6 Å². The molecule has 0 aliphatic heterocycles. The highest BCUT2D eigenvalue weighted by molar-refractivity contribution is 7.91. The van der Waals surface area contributed by atoms with Gasteiger partial charge in [0.1, 0.15) is 14.7 Å². The van der Waals surface area contributed by atoms with Crippen LogP contribution in [0.5, 0.6) is 0 Å². The number of carbonyl (C=O) groups is 1. The minimum absolute atomic E-state index is 0.0235. The first-order valence-corrected chi connectivity index (χ1v) is 25.7. The Bertz CT molecular complexity index is 3590. The van der Waals surface area contributed by atoms with Crippen molar-refractivity contribution in [3.63, 3.8) is 0 Å². The molecule has 64 heavy (non-hydrogen) atoms. The van der Waals surface area contributed by atoms with E-state index in [2.05, 4.69) is 40.3 Å². The highest BCUT2D eigenvalue weighted by atomic mass is 35.5. The summed E-state index contributed by atoms with van der Waals surface area (Å²) in [7, 11) is -30.1. The zero-order valence-electron chi connectivity index (χ0n) is 30.9. The zero-order valence-corrected chi connectivity index (χ0v) is 36.6. The zero-order chi connectivity index (χ0) is 47.4. The van der Waals surface area contributed by atoms with E-state index in [0.717, 1.165) is 42.5 Å². The Morgan fingerprint density at radius 3 is 1.92 bits per heavy atom. The molecule has 0 atom stereocenters. The van der Waals surface area contributed by atoms with E-state index in [1.54, 1.807) is 0 Å². The van der Waals surface area contributed by atoms with Gasteiger partial charge >= 0.3 is 10.4 Å². The van der Waals surface area contributed by atoms with E-state index in [1.165, 1.54) is 12.1 Å². The Morgan fingerprint density at radius 2 is 1.31 bits per heavy atom. The van der Waals surface area contributed by atoms with E-state index in [9.17, 15) is 73.5 Å². The first kappa shape index (κ1) is 47.8. The van der Waals surface area contributed by atoms with Gasteiger partial charge in [-0.1, -0.05) is 24.3 Å². The van der Waals surface area contributed by atoms with Crippen molar-refractivity contribution < 1.29 is 82.2 Å². The van der Waals surface area contributed by atoms with Crippen LogP contribution >= 0.6 is 11.6 Å². The van der Waals surface area contributed by atoms with Crippen LogP contribution < -0.4 is 16.1 Å². The average Bonchev–Trinajstić information content (AvgIpc) is 3.14. The monoisotopic (exact) mass is 1020 g/mol. The Hall–Kier alpha value is -5.62. The molecule has 0 spiro atoms. The highest BCUT2D eigenvalue weighted by Gasteiger charge is 2.36. The van der Waals surface area contributed by atoms with Crippen LogP contribution in [0.3, 0.4) is 0 Å². The predicted molar refractivity (Wildman–Crippen MR) is 222 cm³/mol. The van der Waals surface area contributed by atoms with Gasteiger partial charge in [0.15, 0.2) is 15.5 Å². The second-order valence-electron chi connectivity index (χ2n) is 12.6. The maximum absolute atomic E-state index is 14.2. The van der Waals surface area contributed by atoms with Crippen molar-refractivity contribution >= 4 is 130 Å². The van der Waals surface area contributed by atoms with Crippen LogP contribution in [0, 0.1) is 0 Å². The van der Waals surface area contributed by atoms with Gasteiger partial charge in [0.2, 0.25) is 23.0 Å². The summed E-state index contributed by atoms with van der Waals surface area (Å²) in [5.74, 6) is -3.38. The number of hydrogen-bond acceptors (Lipinski definition) is 21. The molecule has 4 aromatic carbocycles. The number of nitrogens with one attached hydrogen (secondary N) is 3. The summed E-state index contributed by atoms with van der Waals surface area (Å²) < 4.78 is 199. The number of ketones is 1. The number of nitrogens with zero attached hydrogens (tertiary/aromatic N) is 4. The van der Waals surface area contributed by atoms with Gasteiger partial charge in [0.25, 0.3) is 40.5 Å². The lowest BCUT2D eigenvalue weighted by Gasteiger charge is -2.21. The van der Waals surface area contributed by atoms with Gasteiger partial charge in [0, 0.05) is 16.5 Å². The van der Waals surface area contributed by atoms with Crippen LogP contribution in [0.4, 0.5) is 29.0 Å². The molecule has 1 aromatic heterocycles. The first-order valence-electron chi connectivity index (χ1n) is 16.6. The van der Waals surface area contributed by atoms with E-state index in [0.29, 0.717) is 18.2 Å². The minimum atomic E-state index is -5.50. The van der Waals surface area contributed by atoms with Crippen LogP contribution in [0.1, 0.15) is 15.9 Å². The number of carbonyl (C=O) groups excluding carboxylic acids is 1. The number of rotatable bonds is 15. The van der Waals surface area contributed by atoms with Crippen molar-refractivity contribution in [2.45, 2.75) is 19.6 Å². The first-order chi connectivity index (χ1) is 29.4. The third-order valence-electron chi connectivity index (χ3n) is 8.36. The molecule has 0 bridgehead atoms. The molecule has 340 valence electrons. The number of anilines is 5. The van der Waals surface area contributed by atoms with Gasteiger partial charge in [-0.2, -0.15) is 62.1 Å². The summed E-state index contributed by atoms with van der Waals surface area (Å²) in [6.07, 6.45) is 0.540.